The third kappa shape index (κ3) is 4.77. The third-order valence-corrected chi connectivity index (χ3v) is 10.1. The monoisotopic (exact) mass is 594 g/mol. The fraction of sp³-hybridized carbons (Fsp3) is 0.581. The predicted octanol–water partition coefficient (Wildman–Crippen LogP) is 5.38. The summed E-state index contributed by atoms with van der Waals surface area (Å²) in [5.74, 6) is -7.37. The summed E-state index contributed by atoms with van der Waals surface area (Å²) >= 11 is 0. The number of alkyl halides is 5. The molecular weight excluding hydrogens is 559 g/mol. The minimum absolute atomic E-state index is 0.0129. The minimum Gasteiger partial charge on any atom is -0.383 e. The van der Waals surface area contributed by atoms with Crippen LogP contribution in [0.4, 0.5) is 22.0 Å². The second-order valence-corrected chi connectivity index (χ2v) is 12.3. The molecule has 2 amide bonds. The molecule has 2 fully saturated rings. The molecule has 0 bridgehead atoms. The van der Waals surface area contributed by atoms with Crippen molar-refractivity contribution in [2.24, 2.45) is 17.3 Å². The SMILES string of the molecule is CC(=O)NCCNC(=O)c1ccc([C@H]2C[C@@]3(C)[C@@H](CC[C@@]3(O)C(F)(F)C(F)(F)F)[C@@H]3CCC4=CC(=O)CCC4=C32)cc1. The maximum atomic E-state index is 15.1. The number of hydrogen-bond donors (Lipinski definition) is 3. The van der Waals surface area contributed by atoms with Crippen LogP contribution < -0.4 is 10.6 Å². The van der Waals surface area contributed by atoms with Crippen molar-refractivity contribution in [2.75, 3.05) is 13.1 Å². The van der Waals surface area contributed by atoms with E-state index < -0.39 is 41.4 Å². The first-order valence-electron chi connectivity index (χ1n) is 14.4. The second-order valence-electron chi connectivity index (χ2n) is 12.3. The van der Waals surface area contributed by atoms with Crippen molar-refractivity contribution in [2.45, 2.75) is 82.4 Å². The summed E-state index contributed by atoms with van der Waals surface area (Å²) in [7, 11) is 0. The molecule has 5 rings (SSSR count). The van der Waals surface area contributed by atoms with Gasteiger partial charge < -0.3 is 15.7 Å². The second kappa shape index (κ2) is 10.6. The lowest BCUT2D eigenvalue weighted by molar-refractivity contribution is -0.362. The normalized spacial score (nSPS) is 31.1. The molecule has 228 valence electrons. The largest absolute Gasteiger partial charge is 0.456 e. The van der Waals surface area contributed by atoms with Crippen LogP contribution in [0.3, 0.4) is 0 Å². The molecule has 0 aliphatic heterocycles. The molecule has 0 heterocycles. The molecule has 0 unspecified atom stereocenters. The van der Waals surface area contributed by atoms with Crippen LogP contribution in [0.15, 0.2) is 47.1 Å². The Hall–Kier alpha value is -3.08. The van der Waals surface area contributed by atoms with Crippen LogP contribution in [0.2, 0.25) is 0 Å². The van der Waals surface area contributed by atoms with E-state index in [4.69, 9.17) is 0 Å². The first kappa shape index (κ1) is 30.4. The van der Waals surface area contributed by atoms with Crippen molar-refractivity contribution >= 4 is 17.6 Å². The number of fused-ring (bicyclic) bond motifs is 4. The molecule has 4 aliphatic carbocycles. The van der Waals surface area contributed by atoms with Gasteiger partial charge in [-0.15, -0.1) is 0 Å². The maximum Gasteiger partial charge on any atom is 0.456 e. The van der Waals surface area contributed by atoms with Crippen LogP contribution in [0, 0.1) is 17.3 Å². The van der Waals surface area contributed by atoms with Crippen molar-refractivity contribution in [1.82, 2.24) is 10.6 Å². The summed E-state index contributed by atoms with van der Waals surface area (Å²) in [6.45, 7) is 3.21. The van der Waals surface area contributed by atoms with Crippen LogP contribution in [-0.2, 0) is 9.59 Å². The van der Waals surface area contributed by atoms with Crippen molar-refractivity contribution in [3.05, 3.63) is 58.2 Å². The zero-order valence-electron chi connectivity index (χ0n) is 23.5. The Labute approximate surface area is 240 Å². The number of carbonyl (C=O) groups excluding carboxylic acids is 3. The van der Waals surface area contributed by atoms with Crippen molar-refractivity contribution in [3.63, 3.8) is 0 Å². The van der Waals surface area contributed by atoms with Gasteiger partial charge in [0.05, 0.1) is 0 Å². The van der Waals surface area contributed by atoms with Crippen LogP contribution in [-0.4, -0.2) is 53.5 Å². The highest BCUT2D eigenvalue weighted by Crippen LogP contribution is 2.70. The van der Waals surface area contributed by atoms with E-state index in [1.165, 1.54) is 13.8 Å². The summed E-state index contributed by atoms with van der Waals surface area (Å²) in [6, 6.07) is 6.52. The molecule has 0 radical (unpaired) electrons. The van der Waals surface area contributed by atoms with Gasteiger partial charge in [0.25, 0.3) is 5.91 Å². The van der Waals surface area contributed by atoms with E-state index in [-0.39, 0.29) is 49.4 Å². The molecule has 0 saturated heterocycles. The van der Waals surface area contributed by atoms with E-state index in [0.29, 0.717) is 36.8 Å². The van der Waals surface area contributed by atoms with Gasteiger partial charge in [-0.25, -0.2) is 0 Å². The number of amides is 2. The topological polar surface area (TPSA) is 95.5 Å². The van der Waals surface area contributed by atoms with E-state index in [1.54, 1.807) is 30.3 Å². The Morgan fingerprint density at radius 3 is 2.31 bits per heavy atom. The van der Waals surface area contributed by atoms with E-state index in [1.807, 2.05) is 0 Å². The van der Waals surface area contributed by atoms with Crippen molar-refractivity contribution in [1.29, 1.82) is 0 Å². The summed E-state index contributed by atoms with van der Waals surface area (Å²) in [4.78, 5) is 35.8. The lowest BCUT2D eigenvalue weighted by Gasteiger charge is -2.56. The fourth-order valence-electron chi connectivity index (χ4n) is 8.10. The molecule has 3 N–H and O–H groups in total. The molecule has 5 atom stereocenters. The molecule has 11 heteroatoms. The van der Waals surface area contributed by atoms with E-state index >= 15 is 8.78 Å². The number of benzene rings is 1. The summed E-state index contributed by atoms with van der Waals surface area (Å²) in [5, 5.41) is 16.6. The number of aliphatic hydroxyl groups is 1. The Bertz CT molecular complexity index is 1350. The maximum absolute atomic E-state index is 15.1. The van der Waals surface area contributed by atoms with Crippen molar-refractivity contribution in [3.8, 4) is 0 Å². The number of ketones is 1. The summed E-state index contributed by atoms with van der Waals surface area (Å²) in [6.07, 6.45) is -3.21. The van der Waals surface area contributed by atoms with Crippen LogP contribution >= 0.6 is 0 Å². The lowest BCUT2D eigenvalue weighted by Crippen LogP contribution is -2.65. The Morgan fingerprint density at radius 1 is 1.00 bits per heavy atom. The summed E-state index contributed by atoms with van der Waals surface area (Å²) < 4.78 is 71.4. The molecule has 42 heavy (non-hydrogen) atoms. The Morgan fingerprint density at radius 2 is 1.67 bits per heavy atom. The molecule has 1 aromatic rings. The standard InChI is InChI=1S/C31H35F5N2O4/c1-17(39)37-13-14-38-27(41)19-5-3-18(4-6-19)24-16-28(2)25(11-12-29(28,42)30(32,33)31(34,35)36)23-9-7-20-15-21(40)8-10-22(20)26(23)24/h3-6,15,23-25,42H,7-14,16H2,1-2H3,(H,37,39)(H,38,41)/t23-,24+,25-,28-,29-/m0/s1. The molecule has 0 aromatic heterocycles. The van der Waals surface area contributed by atoms with Gasteiger partial charge in [0, 0.05) is 43.3 Å². The smallest absolute Gasteiger partial charge is 0.383 e. The highest BCUT2D eigenvalue weighted by Gasteiger charge is 2.79. The third-order valence-electron chi connectivity index (χ3n) is 10.1. The number of allylic oxidation sites excluding steroid dienone is 4. The fourth-order valence-corrected chi connectivity index (χ4v) is 8.10. The number of nitrogens with one attached hydrogen (secondary N) is 2. The average molecular weight is 595 g/mol. The molecule has 1 aromatic carbocycles. The van der Waals surface area contributed by atoms with E-state index in [0.717, 1.165) is 16.7 Å². The van der Waals surface area contributed by atoms with Gasteiger partial charge in [0.1, 0.15) is 5.60 Å². The van der Waals surface area contributed by atoms with Crippen molar-refractivity contribution < 1.29 is 41.4 Å². The van der Waals surface area contributed by atoms with Gasteiger partial charge in [0.15, 0.2) is 5.78 Å². The highest BCUT2D eigenvalue weighted by molar-refractivity contribution is 5.94. The highest BCUT2D eigenvalue weighted by atomic mass is 19.4. The minimum atomic E-state index is -5.91. The van der Waals surface area contributed by atoms with Gasteiger partial charge in [-0.1, -0.05) is 24.6 Å². The zero-order chi connectivity index (χ0) is 30.7. The predicted molar refractivity (Wildman–Crippen MR) is 144 cm³/mol. The van der Waals surface area contributed by atoms with Gasteiger partial charge in [-0.05, 0) is 85.3 Å². The quantitative estimate of drug-likeness (QED) is 0.305. The van der Waals surface area contributed by atoms with E-state index in [2.05, 4.69) is 10.6 Å². The molecule has 4 aliphatic rings. The Kier molecular flexibility index (Phi) is 7.65. The lowest BCUT2D eigenvalue weighted by atomic mass is 9.50. The van der Waals surface area contributed by atoms with Crippen LogP contribution in [0.25, 0.3) is 0 Å². The first-order valence-corrected chi connectivity index (χ1v) is 14.4. The van der Waals surface area contributed by atoms with E-state index in [9.17, 15) is 32.7 Å². The molecular formula is C31H35F5N2O4. The number of rotatable bonds is 6. The van der Waals surface area contributed by atoms with Gasteiger partial charge in [-0.2, -0.15) is 22.0 Å². The zero-order valence-corrected chi connectivity index (χ0v) is 23.5. The van der Waals surface area contributed by atoms with Gasteiger partial charge in [-0.3, -0.25) is 14.4 Å². The molecule has 6 nitrogen and oxygen atoms in total. The average Bonchev–Trinajstić information content (AvgIpc) is 3.21. The Balaban J connectivity index is 1.54. The van der Waals surface area contributed by atoms with Gasteiger partial charge in [0.2, 0.25) is 5.91 Å². The van der Waals surface area contributed by atoms with Crippen LogP contribution in [0.1, 0.15) is 80.6 Å². The van der Waals surface area contributed by atoms with Crippen LogP contribution in [0.5, 0.6) is 0 Å². The number of halogens is 5. The first-order chi connectivity index (χ1) is 19.6. The summed E-state index contributed by atoms with van der Waals surface area (Å²) in [5.41, 5.74) is -1.19. The molecule has 2 saturated carbocycles. The van der Waals surface area contributed by atoms with Gasteiger partial charge >= 0.3 is 12.1 Å². The number of hydrogen-bond acceptors (Lipinski definition) is 4. The molecule has 0 spiro atoms. The number of carbonyl (C=O) groups is 3.